The number of rotatable bonds is 4. The summed E-state index contributed by atoms with van der Waals surface area (Å²) < 4.78 is 88.5. The molecule has 7 nitrogen and oxygen atoms in total. The Hall–Kier alpha value is -2.67. The maximum Gasteiger partial charge on any atom is 0.435 e. The molecule has 0 spiro atoms. The number of amides is 1. The third-order valence-electron chi connectivity index (χ3n) is 7.77. The van der Waals surface area contributed by atoms with Crippen molar-refractivity contribution in [1.29, 1.82) is 0 Å². The van der Waals surface area contributed by atoms with Gasteiger partial charge in [-0.05, 0) is 31.4 Å². The fraction of sp³-hybridized carbons (Fsp3) is 0.591. The Bertz CT molecular complexity index is 1240. The van der Waals surface area contributed by atoms with Crippen molar-refractivity contribution in [2.75, 3.05) is 5.32 Å². The summed E-state index contributed by atoms with van der Waals surface area (Å²) in [5.41, 5.74) is -5.18. The van der Waals surface area contributed by atoms with Gasteiger partial charge >= 0.3 is 12.4 Å². The van der Waals surface area contributed by atoms with Crippen LogP contribution in [0.1, 0.15) is 54.1 Å². The Kier molecular flexibility index (Phi) is 4.39. The molecule has 2 aliphatic heterocycles. The van der Waals surface area contributed by atoms with Crippen molar-refractivity contribution in [3.8, 4) is 0 Å². The number of alkyl halides is 6. The van der Waals surface area contributed by atoms with E-state index in [-0.39, 0.29) is 35.8 Å². The number of halogens is 6. The molecule has 188 valence electrons. The molecule has 4 fully saturated rings. The minimum absolute atomic E-state index is 0.0325. The molecule has 6 rings (SSSR count). The number of aliphatic hydroxyl groups is 1. The van der Waals surface area contributed by atoms with Crippen LogP contribution >= 0.6 is 0 Å². The summed E-state index contributed by atoms with van der Waals surface area (Å²) >= 11 is 0. The van der Waals surface area contributed by atoms with E-state index in [0.717, 1.165) is 16.8 Å². The van der Waals surface area contributed by atoms with Crippen LogP contribution < -0.4 is 5.32 Å². The number of carbonyl (C=O) groups excluding carboxylic acids is 1. The van der Waals surface area contributed by atoms with Crippen molar-refractivity contribution in [1.82, 2.24) is 14.8 Å². The lowest BCUT2D eigenvalue weighted by atomic mass is 9.73. The van der Waals surface area contributed by atoms with Crippen LogP contribution in [0, 0.1) is 5.41 Å². The molecule has 0 radical (unpaired) electrons. The summed E-state index contributed by atoms with van der Waals surface area (Å²) in [5, 5.41) is 16.4. The minimum Gasteiger partial charge on any atom is -0.390 e. The zero-order valence-electron chi connectivity index (χ0n) is 18.2. The highest BCUT2D eigenvalue weighted by atomic mass is 19.4. The zero-order valence-corrected chi connectivity index (χ0v) is 18.2. The molecule has 5 atom stereocenters. The van der Waals surface area contributed by atoms with E-state index in [0.29, 0.717) is 12.8 Å². The van der Waals surface area contributed by atoms with Crippen LogP contribution in [0.25, 0.3) is 0 Å². The van der Waals surface area contributed by atoms with Gasteiger partial charge in [0, 0.05) is 42.3 Å². The van der Waals surface area contributed by atoms with Gasteiger partial charge in [-0.2, -0.15) is 31.4 Å². The molecular formula is C22H20F6N4O3. The van der Waals surface area contributed by atoms with E-state index in [1.165, 1.54) is 13.2 Å². The van der Waals surface area contributed by atoms with Gasteiger partial charge < -0.3 is 15.2 Å². The summed E-state index contributed by atoms with van der Waals surface area (Å²) in [6.07, 6.45) is -10.0. The Morgan fingerprint density at radius 2 is 1.91 bits per heavy atom. The lowest BCUT2D eigenvalue weighted by Crippen LogP contribution is -2.45. The minimum atomic E-state index is -4.81. The van der Waals surface area contributed by atoms with E-state index < -0.39 is 58.7 Å². The van der Waals surface area contributed by atoms with E-state index in [9.17, 15) is 36.2 Å². The Morgan fingerprint density at radius 1 is 1.20 bits per heavy atom. The second kappa shape index (κ2) is 6.75. The fourth-order valence-electron chi connectivity index (χ4n) is 6.12. The first kappa shape index (κ1) is 22.8. The standard InChI is InChI=1S/C22H20F6N4O3/c1-32-7-11(16(31-32)22(26,27)28)19-8-20(19,14-6-13(33)17(19)35-14)18(34)30-15-5-10(21(23,24)25)4-12(29-15)9-2-3-9/h4-5,7,9,13-14,17,33H,2-3,6,8H2,1H3,(H,29,30,34). The lowest BCUT2D eigenvalue weighted by Gasteiger charge is -2.29. The maximum atomic E-state index is 13.8. The van der Waals surface area contributed by atoms with Gasteiger partial charge in [-0.3, -0.25) is 9.48 Å². The summed E-state index contributed by atoms with van der Waals surface area (Å²) in [4.78, 5) is 17.8. The smallest absolute Gasteiger partial charge is 0.390 e. The molecule has 2 saturated carbocycles. The van der Waals surface area contributed by atoms with Gasteiger partial charge in [-0.25, -0.2) is 4.98 Å². The summed E-state index contributed by atoms with van der Waals surface area (Å²) in [6.45, 7) is 0. The van der Waals surface area contributed by atoms with Gasteiger partial charge in [-0.15, -0.1) is 0 Å². The summed E-state index contributed by atoms with van der Waals surface area (Å²) in [7, 11) is 1.32. The van der Waals surface area contributed by atoms with E-state index in [4.69, 9.17) is 4.74 Å². The molecule has 13 heteroatoms. The number of hydrogen-bond donors (Lipinski definition) is 2. The number of nitrogens with one attached hydrogen (secondary N) is 1. The van der Waals surface area contributed by atoms with Crippen LogP contribution in [0.15, 0.2) is 18.3 Å². The number of aliphatic hydroxyl groups excluding tert-OH is 1. The largest absolute Gasteiger partial charge is 0.435 e. The number of ether oxygens (including phenoxy) is 1. The molecule has 2 saturated heterocycles. The zero-order chi connectivity index (χ0) is 25.1. The third-order valence-corrected chi connectivity index (χ3v) is 7.77. The van der Waals surface area contributed by atoms with E-state index in [2.05, 4.69) is 15.4 Å². The highest BCUT2D eigenvalue weighted by Crippen LogP contribution is 2.78. The van der Waals surface area contributed by atoms with Crippen molar-refractivity contribution < 1.29 is 41.0 Å². The summed E-state index contributed by atoms with van der Waals surface area (Å²) in [5.74, 6) is -1.22. The van der Waals surface area contributed by atoms with Gasteiger partial charge in [0.2, 0.25) is 5.91 Å². The molecule has 2 aromatic heterocycles. The quantitative estimate of drug-likeness (QED) is 0.625. The highest BCUT2D eigenvalue weighted by molar-refractivity contribution is 6.00. The van der Waals surface area contributed by atoms with E-state index >= 15 is 0 Å². The number of pyridine rings is 1. The molecule has 2 aliphatic carbocycles. The molecule has 2 N–H and O–H groups in total. The number of hydrogen-bond acceptors (Lipinski definition) is 5. The molecule has 5 unspecified atom stereocenters. The topological polar surface area (TPSA) is 89.3 Å². The Balaban J connectivity index is 1.40. The second-order valence-corrected chi connectivity index (χ2v) is 9.92. The molecule has 2 bridgehead atoms. The van der Waals surface area contributed by atoms with Crippen LogP contribution in [0.3, 0.4) is 0 Å². The first-order valence-corrected chi connectivity index (χ1v) is 11.1. The third kappa shape index (κ3) is 3.09. The van der Waals surface area contributed by atoms with Gasteiger partial charge in [-0.1, -0.05) is 0 Å². The van der Waals surface area contributed by atoms with Crippen molar-refractivity contribution in [2.24, 2.45) is 12.5 Å². The number of anilines is 1. The van der Waals surface area contributed by atoms with Crippen molar-refractivity contribution in [2.45, 2.75) is 67.7 Å². The average Bonchev–Trinajstić information content (AvgIpc) is 3.62. The Labute approximate surface area is 194 Å². The molecule has 0 aromatic carbocycles. The van der Waals surface area contributed by atoms with Crippen LogP contribution in [-0.4, -0.2) is 44.1 Å². The molecule has 4 aliphatic rings. The van der Waals surface area contributed by atoms with Crippen LogP contribution in [0.2, 0.25) is 0 Å². The monoisotopic (exact) mass is 502 g/mol. The first-order chi connectivity index (χ1) is 16.3. The lowest BCUT2D eigenvalue weighted by molar-refractivity contribution is -0.143. The van der Waals surface area contributed by atoms with Crippen LogP contribution in [0.4, 0.5) is 32.2 Å². The number of aryl methyl sites for hydroxylation is 1. The molecular weight excluding hydrogens is 482 g/mol. The second-order valence-electron chi connectivity index (χ2n) is 9.92. The van der Waals surface area contributed by atoms with E-state index in [1.54, 1.807) is 0 Å². The van der Waals surface area contributed by atoms with Gasteiger partial charge in [0.05, 0.1) is 29.3 Å². The predicted octanol–water partition coefficient (Wildman–Crippen LogP) is 3.53. The number of carbonyl (C=O) groups is 1. The van der Waals surface area contributed by atoms with Gasteiger partial charge in [0.15, 0.2) is 5.69 Å². The number of fused-ring (bicyclic) bond motifs is 5. The van der Waals surface area contributed by atoms with Crippen LogP contribution in [-0.2, 0) is 34.3 Å². The number of nitrogens with zero attached hydrogens (tertiary/aromatic N) is 3. The van der Waals surface area contributed by atoms with Gasteiger partial charge in [0.1, 0.15) is 5.82 Å². The molecule has 35 heavy (non-hydrogen) atoms. The predicted molar refractivity (Wildman–Crippen MR) is 106 cm³/mol. The first-order valence-electron chi connectivity index (χ1n) is 11.1. The average molecular weight is 502 g/mol. The van der Waals surface area contributed by atoms with Gasteiger partial charge in [0.25, 0.3) is 0 Å². The molecule has 2 aromatic rings. The number of aromatic nitrogens is 3. The van der Waals surface area contributed by atoms with Crippen molar-refractivity contribution in [3.05, 3.63) is 40.8 Å². The van der Waals surface area contributed by atoms with Crippen LogP contribution in [0.5, 0.6) is 0 Å². The van der Waals surface area contributed by atoms with Crippen molar-refractivity contribution in [3.63, 3.8) is 0 Å². The maximum absolute atomic E-state index is 13.8. The van der Waals surface area contributed by atoms with Crippen molar-refractivity contribution >= 4 is 11.7 Å². The van der Waals surface area contributed by atoms with E-state index in [1.807, 2.05) is 0 Å². The molecule has 4 heterocycles. The fourth-order valence-corrected chi connectivity index (χ4v) is 6.12. The Morgan fingerprint density at radius 3 is 2.54 bits per heavy atom. The SMILES string of the molecule is Cn1cc(C23CC2(C(=O)Nc2cc(C(F)(F)F)cc(C4CC4)n2)C2CC(O)C3O2)c(C(F)(F)F)n1. The molecule has 1 amide bonds. The summed E-state index contributed by atoms with van der Waals surface area (Å²) in [6, 6.07) is 1.67. The normalized spacial score (nSPS) is 33.7. The highest BCUT2D eigenvalue weighted by Gasteiger charge is 2.88.